The maximum Gasteiger partial charge on any atom is 0.237 e. The number of nitro groups is 1. The third kappa shape index (κ3) is 3.07. The predicted molar refractivity (Wildman–Crippen MR) is 73.1 cm³/mol. The third-order valence-corrected chi connectivity index (χ3v) is 3.26. The molecule has 2 rings (SSSR count). The predicted octanol–water partition coefficient (Wildman–Crippen LogP) is 2.07. The number of carbonyl (C=O) groups is 1. The molecular formula is C14H18N2O4. The second-order valence-corrected chi connectivity index (χ2v) is 5.14. The second-order valence-electron chi connectivity index (χ2n) is 5.14. The van der Waals surface area contributed by atoms with E-state index in [1.165, 1.54) is 0 Å². The Morgan fingerprint density at radius 1 is 1.40 bits per heavy atom. The Balaban J connectivity index is 2.36. The van der Waals surface area contributed by atoms with E-state index in [-0.39, 0.29) is 29.8 Å². The van der Waals surface area contributed by atoms with Crippen LogP contribution in [-0.4, -0.2) is 23.0 Å². The van der Waals surface area contributed by atoms with Crippen molar-refractivity contribution in [3.8, 4) is 5.75 Å². The van der Waals surface area contributed by atoms with Crippen molar-refractivity contribution in [1.82, 2.24) is 5.32 Å². The molecule has 2 atom stereocenters. The fraction of sp³-hybridized carbons (Fsp3) is 0.500. The first-order chi connectivity index (χ1) is 9.49. The van der Waals surface area contributed by atoms with Gasteiger partial charge in [-0.25, -0.2) is 0 Å². The molecule has 1 aromatic rings. The van der Waals surface area contributed by atoms with Crippen molar-refractivity contribution >= 4 is 5.91 Å². The Morgan fingerprint density at radius 3 is 2.75 bits per heavy atom. The molecule has 1 amide bonds. The number of para-hydroxylation sites is 1. The summed E-state index contributed by atoms with van der Waals surface area (Å²) in [5.74, 6) is 0.425. The van der Waals surface area contributed by atoms with Gasteiger partial charge in [-0.3, -0.25) is 14.9 Å². The first-order valence-corrected chi connectivity index (χ1v) is 6.67. The Labute approximate surface area is 117 Å². The number of carbonyl (C=O) groups excluding carboxylic acids is 1. The van der Waals surface area contributed by atoms with Crippen LogP contribution in [0.25, 0.3) is 0 Å². The van der Waals surface area contributed by atoms with Gasteiger partial charge in [-0.2, -0.15) is 0 Å². The van der Waals surface area contributed by atoms with Gasteiger partial charge in [0.15, 0.2) is 0 Å². The Bertz CT molecular complexity index is 516. The van der Waals surface area contributed by atoms with E-state index in [2.05, 4.69) is 5.32 Å². The minimum atomic E-state index is -0.815. The Hall–Kier alpha value is -2.11. The summed E-state index contributed by atoms with van der Waals surface area (Å²) in [7, 11) is 0. The van der Waals surface area contributed by atoms with Gasteiger partial charge in [0.2, 0.25) is 11.9 Å². The van der Waals surface area contributed by atoms with Crippen molar-refractivity contribution in [2.45, 2.75) is 44.9 Å². The van der Waals surface area contributed by atoms with Gasteiger partial charge in [0.25, 0.3) is 0 Å². The molecule has 0 unspecified atom stereocenters. The summed E-state index contributed by atoms with van der Waals surface area (Å²) in [6.07, 6.45) is 0.402. The topological polar surface area (TPSA) is 81.5 Å². The van der Waals surface area contributed by atoms with Crippen LogP contribution in [0.5, 0.6) is 5.75 Å². The zero-order valence-electron chi connectivity index (χ0n) is 11.5. The molecule has 1 saturated heterocycles. The number of hydrogen-bond acceptors (Lipinski definition) is 4. The lowest BCUT2D eigenvalue weighted by atomic mass is 9.92. The molecule has 0 saturated carbocycles. The molecule has 108 valence electrons. The fourth-order valence-electron chi connectivity index (χ4n) is 2.40. The molecule has 1 fully saturated rings. The lowest BCUT2D eigenvalue weighted by molar-refractivity contribution is -0.529. The molecule has 0 aliphatic carbocycles. The molecule has 0 spiro atoms. The maximum atomic E-state index is 11.6. The van der Waals surface area contributed by atoms with E-state index in [4.69, 9.17) is 4.74 Å². The average Bonchev–Trinajstić information content (AvgIpc) is 2.38. The Morgan fingerprint density at radius 2 is 2.10 bits per heavy atom. The van der Waals surface area contributed by atoms with Gasteiger partial charge >= 0.3 is 0 Å². The summed E-state index contributed by atoms with van der Waals surface area (Å²) in [5.41, 5.74) is 0.663. The summed E-state index contributed by atoms with van der Waals surface area (Å²) in [5, 5.41) is 13.9. The lowest BCUT2D eigenvalue weighted by Crippen LogP contribution is -2.45. The van der Waals surface area contributed by atoms with E-state index in [0.29, 0.717) is 11.3 Å². The minimum Gasteiger partial charge on any atom is -0.491 e. The van der Waals surface area contributed by atoms with Crippen LogP contribution in [0.3, 0.4) is 0 Å². The van der Waals surface area contributed by atoms with E-state index in [1.807, 2.05) is 19.9 Å². The van der Waals surface area contributed by atoms with Crippen molar-refractivity contribution in [3.05, 3.63) is 39.9 Å². The highest BCUT2D eigenvalue weighted by atomic mass is 16.6. The van der Waals surface area contributed by atoms with Crippen molar-refractivity contribution in [2.75, 3.05) is 0 Å². The molecular weight excluding hydrogens is 260 g/mol. The monoisotopic (exact) mass is 278 g/mol. The molecule has 0 aromatic heterocycles. The third-order valence-electron chi connectivity index (χ3n) is 3.26. The van der Waals surface area contributed by atoms with Crippen LogP contribution in [0.2, 0.25) is 0 Å². The molecule has 1 aromatic carbocycles. The number of piperidine rings is 1. The maximum absolute atomic E-state index is 11.6. The molecule has 0 bridgehead atoms. The zero-order valence-corrected chi connectivity index (χ0v) is 11.5. The van der Waals surface area contributed by atoms with Crippen molar-refractivity contribution in [1.29, 1.82) is 0 Å². The minimum absolute atomic E-state index is 0.0375. The molecule has 20 heavy (non-hydrogen) atoms. The number of hydrogen-bond donors (Lipinski definition) is 1. The van der Waals surface area contributed by atoms with E-state index in [9.17, 15) is 14.9 Å². The number of rotatable bonds is 4. The number of amides is 1. The normalized spacial score (nSPS) is 22.4. The van der Waals surface area contributed by atoms with Gasteiger partial charge in [0.05, 0.1) is 6.10 Å². The van der Waals surface area contributed by atoms with Crippen LogP contribution in [0, 0.1) is 10.1 Å². The summed E-state index contributed by atoms with van der Waals surface area (Å²) in [6.45, 7) is 3.78. The van der Waals surface area contributed by atoms with Gasteiger partial charge in [-0.05, 0) is 19.9 Å². The summed E-state index contributed by atoms with van der Waals surface area (Å²) in [6, 6.07) is 5.69. The molecule has 1 aliphatic heterocycles. The first kappa shape index (κ1) is 14.3. The molecule has 6 nitrogen and oxygen atoms in total. The van der Waals surface area contributed by atoms with Crippen LogP contribution >= 0.6 is 0 Å². The van der Waals surface area contributed by atoms with Gasteiger partial charge in [-0.15, -0.1) is 0 Å². The van der Waals surface area contributed by atoms with Crippen molar-refractivity contribution in [2.24, 2.45) is 0 Å². The van der Waals surface area contributed by atoms with Gasteiger partial charge in [-0.1, -0.05) is 18.2 Å². The quantitative estimate of drug-likeness (QED) is 0.675. The number of nitrogens with one attached hydrogen (secondary N) is 1. The Kier molecular flexibility index (Phi) is 4.22. The SMILES string of the molecule is CC(C)Oc1ccccc1[C@@H]1NC(=O)CC[C@H]1[N+](=O)[O-]. The second kappa shape index (κ2) is 5.90. The number of benzene rings is 1. The fourth-order valence-corrected chi connectivity index (χ4v) is 2.40. The molecule has 1 N–H and O–H groups in total. The van der Waals surface area contributed by atoms with E-state index < -0.39 is 12.1 Å². The lowest BCUT2D eigenvalue weighted by Gasteiger charge is -2.28. The average molecular weight is 278 g/mol. The van der Waals surface area contributed by atoms with E-state index >= 15 is 0 Å². The summed E-state index contributed by atoms with van der Waals surface area (Å²) in [4.78, 5) is 22.4. The van der Waals surface area contributed by atoms with Crippen LogP contribution in [0.15, 0.2) is 24.3 Å². The van der Waals surface area contributed by atoms with Crippen LogP contribution in [0.1, 0.15) is 38.3 Å². The standard InChI is InChI=1S/C14H18N2O4/c1-9(2)20-12-6-4-3-5-10(12)14-11(16(18)19)7-8-13(17)15-14/h3-6,9,11,14H,7-8H2,1-2H3,(H,15,17)/t11-,14+/m1/s1. The van der Waals surface area contributed by atoms with Crippen LogP contribution in [-0.2, 0) is 4.79 Å². The van der Waals surface area contributed by atoms with Crippen LogP contribution < -0.4 is 10.1 Å². The molecule has 1 aliphatic rings. The first-order valence-electron chi connectivity index (χ1n) is 6.67. The molecule has 1 heterocycles. The smallest absolute Gasteiger partial charge is 0.237 e. The highest BCUT2D eigenvalue weighted by molar-refractivity contribution is 5.77. The van der Waals surface area contributed by atoms with Gasteiger partial charge in [0.1, 0.15) is 11.8 Å². The van der Waals surface area contributed by atoms with Gasteiger partial charge < -0.3 is 10.1 Å². The zero-order chi connectivity index (χ0) is 14.7. The number of nitrogens with zero attached hydrogens (tertiary/aromatic N) is 1. The highest BCUT2D eigenvalue weighted by Gasteiger charge is 2.39. The number of ether oxygens (including phenoxy) is 1. The van der Waals surface area contributed by atoms with Crippen molar-refractivity contribution < 1.29 is 14.5 Å². The van der Waals surface area contributed by atoms with E-state index in [0.717, 1.165) is 0 Å². The van der Waals surface area contributed by atoms with Crippen molar-refractivity contribution in [3.63, 3.8) is 0 Å². The summed E-state index contributed by atoms with van der Waals surface area (Å²) >= 11 is 0. The molecule has 0 radical (unpaired) electrons. The van der Waals surface area contributed by atoms with Crippen LogP contribution in [0.4, 0.5) is 0 Å². The highest BCUT2D eigenvalue weighted by Crippen LogP contribution is 2.32. The molecule has 6 heteroatoms. The summed E-state index contributed by atoms with van der Waals surface area (Å²) < 4.78 is 5.69. The van der Waals surface area contributed by atoms with E-state index in [1.54, 1.807) is 18.2 Å². The van der Waals surface area contributed by atoms with Gasteiger partial charge in [0, 0.05) is 23.3 Å². The largest absolute Gasteiger partial charge is 0.491 e.